The highest BCUT2D eigenvalue weighted by atomic mass is 28.3. The highest BCUT2D eigenvalue weighted by Gasteiger charge is 2.49. The molecule has 2 heterocycles. The van der Waals surface area contributed by atoms with Gasteiger partial charge in [0.15, 0.2) is 0 Å². The standard InChI is InChI=1S/C15H20OSi/c1-15-10-12(16)6-5-9-17(2,11-15)14-8-4-3-7-13(14)15/h3-4,7-8H,5-6,9-11H2,1-2H3/t15-,17?/m1/s1. The van der Waals surface area contributed by atoms with Crippen molar-refractivity contribution in [1.82, 2.24) is 0 Å². The van der Waals surface area contributed by atoms with Crippen LogP contribution in [0.15, 0.2) is 24.3 Å². The summed E-state index contributed by atoms with van der Waals surface area (Å²) in [5.74, 6) is 0.472. The molecule has 1 unspecified atom stereocenters. The Morgan fingerprint density at radius 3 is 2.88 bits per heavy atom. The third kappa shape index (κ3) is 1.61. The zero-order valence-corrected chi connectivity index (χ0v) is 11.8. The van der Waals surface area contributed by atoms with Gasteiger partial charge in [-0.2, -0.15) is 0 Å². The van der Waals surface area contributed by atoms with Gasteiger partial charge in [0, 0.05) is 12.8 Å². The largest absolute Gasteiger partial charge is 0.300 e. The zero-order chi connectivity index (χ0) is 12.1. The van der Waals surface area contributed by atoms with Crippen molar-refractivity contribution in [2.24, 2.45) is 0 Å². The van der Waals surface area contributed by atoms with Crippen LogP contribution in [0.2, 0.25) is 18.6 Å². The SMILES string of the molecule is C[C@@]12CC(=O)CCC[Si](C)(C1)c1ccccc12. The Morgan fingerprint density at radius 2 is 2.06 bits per heavy atom. The van der Waals surface area contributed by atoms with Gasteiger partial charge in [-0.05, 0) is 23.4 Å². The van der Waals surface area contributed by atoms with E-state index in [1.807, 2.05) is 0 Å². The van der Waals surface area contributed by atoms with Crippen LogP contribution in [0, 0.1) is 0 Å². The quantitative estimate of drug-likeness (QED) is 0.641. The van der Waals surface area contributed by atoms with Crippen molar-refractivity contribution in [2.75, 3.05) is 0 Å². The number of benzene rings is 1. The minimum absolute atomic E-state index is 0.148. The van der Waals surface area contributed by atoms with Crippen LogP contribution in [0.25, 0.3) is 0 Å². The normalized spacial score (nSPS) is 36.2. The maximum Gasteiger partial charge on any atom is 0.133 e. The minimum atomic E-state index is -1.29. The van der Waals surface area contributed by atoms with Gasteiger partial charge in [-0.25, -0.2) is 0 Å². The molecule has 0 saturated carbocycles. The molecule has 1 aromatic carbocycles. The van der Waals surface area contributed by atoms with Crippen molar-refractivity contribution < 1.29 is 4.79 Å². The maximum absolute atomic E-state index is 12.0. The van der Waals surface area contributed by atoms with E-state index in [1.54, 1.807) is 5.19 Å². The molecule has 2 atom stereocenters. The summed E-state index contributed by atoms with van der Waals surface area (Å²) in [4.78, 5) is 12.0. The molecule has 0 N–H and O–H groups in total. The van der Waals surface area contributed by atoms with E-state index in [2.05, 4.69) is 37.7 Å². The van der Waals surface area contributed by atoms with Crippen molar-refractivity contribution >= 4 is 19.0 Å². The second-order valence-electron chi connectivity index (χ2n) is 6.41. The molecule has 0 aliphatic carbocycles. The molecule has 0 radical (unpaired) electrons. The lowest BCUT2D eigenvalue weighted by Gasteiger charge is -2.30. The zero-order valence-electron chi connectivity index (χ0n) is 10.8. The summed E-state index contributed by atoms with van der Waals surface area (Å²) in [5.41, 5.74) is 1.64. The first-order valence-electron chi connectivity index (χ1n) is 6.65. The lowest BCUT2D eigenvalue weighted by molar-refractivity contribution is -0.120. The highest BCUT2D eigenvalue weighted by molar-refractivity contribution is 6.92. The number of Topliss-reactive ketones (excluding diaryl/α,β-unsaturated/α-hetero) is 1. The number of fused-ring (bicyclic) bond motifs is 5. The summed E-state index contributed by atoms with van der Waals surface area (Å²) in [6, 6.07) is 11.5. The molecular weight excluding hydrogens is 224 g/mol. The Hall–Kier alpha value is -0.893. The molecule has 17 heavy (non-hydrogen) atoms. The smallest absolute Gasteiger partial charge is 0.133 e. The van der Waals surface area contributed by atoms with Crippen LogP contribution < -0.4 is 5.19 Å². The highest BCUT2D eigenvalue weighted by Crippen LogP contribution is 2.45. The van der Waals surface area contributed by atoms with E-state index in [4.69, 9.17) is 0 Å². The van der Waals surface area contributed by atoms with E-state index in [0.717, 1.165) is 19.3 Å². The lowest BCUT2D eigenvalue weighted by Crippen LogP contribution is -2.42. The summed E-state index contributed by atoms with van der Waals surface area (Å²) in [5, 5.41) is 1.64. The Morgan fingerprint density at radius 1 is 1.29 bits per heavy atom. The molecule has 0 amide bonds. The Balaban J connectivity index is 2.17. The third-order valence-corrected chi connectivity index (χ3v) is 9.53. The molecule has 3 rings (SSSR count). The second-order valence-corrected chi connectivity index (χ2v) is 10.9. The number of rotatable bonds is 0. The Labute approximate surface area is 104 Å². The molecule has 1 saturated heterocycles. The van der Waals surface area contributed by atoms with Gasteiger partial charge < -0.3 is 0 Å². The van der Waals surface area contributed by atoms with Gasteiger partial charge in [-0.3, -0.25) is 4.79 Å². The molecule has 2 aliphatic heterocycles. The molecule has 1 fully saturated rings. The summed E-state index contributed by atoms with van der Waals surface area (Å²) in [6.07, 6.45) is 2.70. The first-order valence-corrected chi connectivity index (χ1v) is 9.57. The van der Waals surface area contributed by atoms with Gasteiger partial charge in [-0.1, -0.05) is 49.0 Å². The number of ketones is 1. The first kappa shape index (κ1) is 11.2. The van der Waals surface area contributed by atoms with E-state index in [1.165, 1.54) is 17.7 Å². The fourth-order valence-electron chi connectivity index (χ4n) is 4.17. The van der Waals surface area contributed by atoms with E-state index in [0.29, 0.717) is 5.78 Å². The lowest BCUT2D eigenvalue weighted by atomic mass is 9.79. The molecule has 2 heteroatoms. The van der Waals surface area contributed by atoms with Gasteiger partial charge in [-0.15, -0.1) is 0 Å². The monoisotopic (exact) mass is 244 g/mol. The fraction of sp³-hybridized carbons (Fsp3) is 0.533. The first-order chi connectivity index (χ1) is 8.04. The van der Waals surface area contributed by atoms with Crippen molar-refractivity contribution in [1.29, 1.82) is 0 Å². The molecule has 0 spiro atoms. The Bertz CT molecular complexity index is 482. The second kappa shape index (κ2) is 3.55. The van der Waals surface area contributed by atoms with Crippen LogP contribution in [0.5, 0.6) is 0 Å². The summed E-state index contributed by atoms with van der Waals surface area (Å²) < 4.78 is 0. The van der Waals surface area contributed by atoms with Crippen molar-refractivity contribution in [3.05, 3.63) is 29.8 Å². The molecule has 2 aliphatic rings. The molecular formula is C15H20OSi. The van der Waals surface area contributed by atoms with E-state index in [-0.39, 0.29) is 5.41 Å². The minimum Gasteiger partial charge on any atom is -0.300 e. The van der Waals surface area contributed by atoms with Gasteiger partial charge in [0.25, 0.3) is 0 Å². The topological polar surface area (TPSA) is 17.1 Å². The van der Waals surface area contributed by atoms with Crippen molar-refractivity contribution in [3.8, 4) is 0 Å². The Kier molecular flexibility index (Phi) is 2.34. The van der Waals surface area contributed by atoms with Gasteiger partial charge >= 0.3 is 0 Å². The molecule has 90 valence electrons. The summed E-state index contributed by atoms with van der Waals surface area (Å²) in [7, 11) is -1.29. The van der Waals surface area contributed by atoms with Crippen LogP contribution in [0.4, 0.5) is 0 Å². The average molecular weight is 244 g/mol. The average Bonchev–Trinajstić information content (AvgIpc) is 2.49. The fourth-order valence-corrected chi connectivity index (χ4v) is 9.33. The van der Waals surface area contributed by atoms with Crippen LogP contribution in [0.1, 0.15) is 31.7 Å². The predicted molar refractivity (Wildman–Crippen MR) is 73.5 cm³/mol. The van der Waals surface area contributed by atoms with E-state index < -0.39 is 8.07 Å². The van der Waals surface area contributed by atoms with E-state index >= 15 is 0 Å². The van der Waals surface area contributed by atoms with Crippen LogP contribution in [-0.4, -0.2) is 13.9 Å². The van der Waals surface area contributed by atoms with Crippen LogP contribution >= 0.6 is 0 Å². The molecule has 2 bridgehead atoms. The maximum atomic E-state index is 12.0. The van der Waals surface area contributed by atoms with Gasteiger partial charge in [0.1, 0.15) is 5.78 Å². The third-order valence-electron chi connectivity index (χ3n) is 4.78. The van der Waals surface area contributed by atoms with Gasteiger partial charge in [0.2, 0.25) is 0 Å². The molecule has 0 aromatic heterocycles. The van der Waals surface area contributed by atoms with Crippen LogP contribution in [-0.2, 0) is 10.2 Å². The van der Waals surface area contributed by atoms with E-state index in [9.17, 15) is 4.79 Å². The molecule has 1 aromatic rings. The predicted octanol–water partition coefficient (Wildman–Crippen LogP) is 3.00. The summed E-state index contributed by atoms with van der Waals surface area (Å²) in [6.45, 7) is 4.83. The number of hydrogen-bond acceptors (Lipinski definition) is 1. The molecule has 1 nitrogen and oxygen atoms in total. The number of carbonyl (C=O) groups excluding carboxylic acids is 1. The van der Waals surface area contributed by atoms with Crippen LogP contribution in [0.3, 0.4) is 0 Å². The number of carbonyl (C=O) groups is 1. The van der Waals surface area contributed by atoms with Gasteiger partial charge in [0.05, 0.1) is 8.07 Å². The van der Waals surface area contributed by atoms with Crippen molar-refractivity contribution in [3.63, 3.8) is 0 Å². The summed E-state index contributed by atoms with van der Waals surface area (Å²) >= 11 is 0. The number of hydrogen-bond donors (Lipinski definition) is 0. The van der Waals surface area contributed by atoms with Crippen molar-refractivity contribution in [2.45, 2.75) is 50.2 Å².